The molecule has 0 aromatic heterocycles. The summed E-state index contributed by atoms with van der Waals surface area (Å²) in [7, 11) is 0. The molecule has 12 heteroatoms. The maximum Gasteiger partial charge on any atom is 0.265 e. The zero-order valence-corrected chi connectivity index (χ0v) is 31.0. The van der Waals surface area contributed by atoms with E-state index in [0.29, 0.717) is 24.8 Å². The van der Waals surface area contributed by atoms with Gasteiger partial charge in [0.25, 0.3) is 11.8 Å². The topological polar surface area (TPSA) is 123 Å². The second-order valence-electron chi connectivity index (χ2n) is 15.6. The fourth-order valence-electron chi connectivity index (χ4n) is 9.42. The second kappa shape index (κ2) is 14.8. The van der Waals surface area contributed by atoms with Gasteiger partial charge in [-0.15, -0.1) is 0 Å². The molecule has 0 saturated carbocycles. The van der Waals surface area contributed by atoms with Crippen molar-refractivity contribution >= 4 is 29.3 Å². The number of hydrogen-bond acceptors (Lipinski definition) is 9. The molecule has 11 nitrogen and oxygen atoms in total. The molecule has 0 radical (unpaired) electrons. The summed E-state index contributed by atoms with van der Waals surface area (Å²) in [5, 5.41) is 12.3. The van der Waals surface area contributed by atoms with Gasteiger partial charge in [0.15, 0.2) is 0 Å². The average Bonchev–Trinajstić information content (AvgIpc) is 3.46. The van der Waals surface area contributed by atoms with Gasteiger partial charge in [-0.05, 0) is 66.3 Å². The van der Waals surface area contributed by atoms with Crippen LogP contribution >= 0.6 is 0 Å². The Morgan fingerprint density at radius 2 is 1.54 bits per heavy atom. The molecule has 0 spiro atoms. The van der Waals surface area contributed by atoms with Gasteiger partial charge in [-0.2, -0.15) is 0 Å². The number of nitrogens with one attached hydrogen (secondary N) is 1. The molecule has 1 unspecified atom stereocenters. The van der Waals surface area contributed by atoms with Crippen molar-refractivity contribution in [2.45, 2.75) is 56.1 Å². The number of piperazine rings is 1. The number of halogens is 1. The van der Waals surface area contributed by atoms with E-state index >= 15 is 4.39 Å². The molecular weight excluding hydrogens is 714 g/mol. The highest BCUT2D eigenvalue weighted by Crippen LogP contribution is 2.47. The third-order valence-electron chi connectivity index (χ3n) is 12.3. The highest BCUT2D eigenvalue weighted by Gasteiger charge is 2.46. The van der Waals surface area contributed by atoms with Gasteiger partial charge in [0.1, 0.15) is 23.4 Å². The second-order valence-corrected chi connectivity index (χ2v) is 15.6. The predicted octanol–water partition coefficient (Wildman–Crippen LogP) is 5.03. The molecule has 4 amide bonds. The summed E-state index contributed by atoms with van der Waals surface area (Å²) in [5.41, 5.74) is 5.03. The van der Waals surface area contributed by atoms with Crippen molar-refractivity contribution in [3.05, 3.63) is 124 Å². The summed E-state index contributed by atoms with van der Waals surface area (Å²) in [6, 6.07) is 27.2. The van der Waals surface area contributed by atoms with Crippen LogP contribution in [0.1, 0.15) is 80.5 Å². The average molecular weight is 758 g/mol. The van der Waals surface area contributed by atoms with Gasteiger partial charge < -0.3 is 14.7 Å². The van der Waals surface area contributed by atoms with Crippen molar-refractivity contribution < 1.29 is 33.4 Å². The van der Waals surface area contributed by atoms with Crippen molar-refractivity contribution in [1.29, 1.82) is 0 Å². The Balaban J connectivity index is 0.799. The largest absolute Gasteiger partial charge is 0.508 e. The number of phenolic OH excluding ortho intramolecular Hbond substituents is 1. The summed E-state index contributed by atoms with van der Waals surface area (Å²) in [4.78, 5) is 58.5. The minimum atomic E-state index is -1.13. The first-order valence-corrected chi connectivity index (χ1v) is 19.6. The van der Waals surface area contributed by atoms with E-state index in [1.807, 2.05) is 12.1 Å². The Labute approximate surface area is 324 Å². The van der Waals surface area contributed by atoms with Crippen molar-refractivity contribution in [2.24, 2.45) is 0 Å². The van der Waals surface area contributed by atoms with E-state index in [1.165, 1.54) is 22.9 Å². The third kappa shape index (κ3) is 6.70. The standard InChI is InChI=1S/C44H44FN5O6/c45-36-23-27(22-34-41(36)44(55)50(43(34)54)37-12-13-39(52)46-42(37)53)25-47-18-20-49(21-19-47)31-14-16-48(17-15-31)30-8-6-29(7-9-30)40-33-11-10-32(51)24-38(33)56-26-35(40)28-4-2-1-3-5-28/h1-11,22-24,31,35,37,40,51H,12-21,25-26H2,(H,46,52,53)/t35-,37?,40-/m1/s1. The molecule has 9 rings (SSSR count). The van der Waals surface area contributed by atoms with Crippen LogP contribution in [0.4, 0.5) is 10.1 Å². The van der Waals surface area contributed by atoms with E-state index in [4.69, 9.17) is 4.74 Å². The molecule has 5 aliphatic heterocycles. The molecule has 2 N–H and O–H groups in total. The van der Waals surface area contributed by atoms with Crippen LogP contribution in [0.3, 0.4) is 0 Å². The lowest BCUT2D eigenvalue weighted by Crippen LogP contribution is -2.54. The molecule has 288 valence electrons. The van der Waals surface area contributed by atoms with Crippen LogP contribution in [0.2, 0.25) is 0 Å². The lowest BCUT2D eigenvalue weighted by molar-refractivity contribution is -0.136. The van der Waals surface area contributed by atoms with Crippen LogP contribution in [0.5, 0.6) is 11.5 Å². The Morgan fingerprint density at radius 1 is 0.786 bits per heavy atom. The summed E-state index contributed by atoms with van der Waals surface area (Å²) < 4.78 is 21.5. The first kappa shape index (κ1) is 36.1. The van der Waals surface area contributed by atoms with Gasteiger partial charge in [-0.1, -0.05) is 48.5 Å². The molecule has 3 saturated heterocycles. The smallest absolute Gasteiger partial charge is 0.265 e. The zero-order chi connectivity index (χ0) is 38.5. The van der Waals surface area contributed by atoms with E-state index in [1.54, 1.807) is 18.2 Å². The number of aromatic hydroxyl groups is 1. The number of benzene rings is 4. The summed E-state index contributed by atoms with van der Waals surface area (Å²) in [6.45, 7) is 6.29. The minimum Gasteiger partial charge on any atom is -0.508 e. The van der Waals surface area contributed by atoms with E-state index in [0.717, 1.165) is 68.3 Å². The number of amides is 4. The lowest BCUT2D eigenvalue weighted by Gasteiger charge is -2.43. The van der Waals surface area contributed by atoms with E-state index in [2.05, 4.69) is 68.5 Å². The first-order chi connectivity index (χ1) is 27.2. The van der Waals surface area contributed by atoms with Crippen LogP contribution in [-0.4, -0.2) is 101 Å². The lowest BCUT2D eigenvalue weighted by atomic mass is 9.76. The Hall–Kier alpha value is -5.59. The number of carbonyl (C=O) groups excluding carboxylic acids is 4. The number of rotatable bonds is 7. The van der Waals surface area contributed by atoms with Gasteiger partial charge >= 0.3 is 0 Å². The van der Waals surface area contributed by atoms with Crippen molar-refractivity contribution in [1.82, 2.24) is 20.0 Å². The molecule has 0 bridgehead atoms. The first-order valence-electron chi connectivity index (χ1n) is 19.6. The van der Waals surface area contributed by atoms with Crippen molar-refractivity contribution in [3.8, 4) is 11.5 Å². The van der Waals surface area contributed by atoms with Gasteiger partial charge in [-0.25, -0.2) is 4.39 Å². The number of piperidine rings is 2. The van der Waals surface area contributed by atoms with E-state index < -0.39 is 35.5 Å². The molecule has 5 aliphatic rings. The van der Waals surface area contributed by atoms with Crippen LogP contribution in [0, 0.1) is 5.82 Å². The molecule has 4 aromatic rings. The number of phenols is 1. The van der Waals surface area contributed by atoms with Crippen molar-refractivity contribution in [3.63, 3.8) is 0 Å². The third-order valence-corrected chi connectivity index (χ3v) is 12.3. The quantitative estimate of drug-likeness (QED) is 0.250. The number of imide groups is 2. The summed E-state index contributed by atoms with van der Waals surface area (Å²) >= 11 is 0. The maximum absolute atomic E-state index is 15.3. The van der Waals surface area contributed by atoms with Gasteiger partial charge in [0.2, 0.25) is 11.8 Å². The monoisotopic (exact) mass is 757 g/mol. The Bertz CT molecular complexity index is 2180. The molecule has 56 heavy (non-hydrogen) atoms. The molecule has 4 aromatic carbocycles. The van der Waals surface area contributed by atoms with Gasteiger partial charge in [0, 0.05) is 87.4 Å². The van der Waals surface area contributed by atoms with E-state index in [9.17, 15) is 24.3 Å². The molecule has 3 fully saturated rings. The number of hydrogen-bond donors (Lipinski definition) is 2. The Kier molecular flexibility index (Phi) is 9.54. The number of nitrogens with zero attached hydrogens (tertiary/aromatic N) is 4. The number of fused-ring (bicyclic) bond motifs is 2. The fourth-order valence-corrected chi connectivity index (χ4v) is 9.42. The SMILES string of the molecule is O=C1CCC(N2C(=O)c3cc(CN4CCN(C5CCN(c6ccc([C@@H]7c8ccc(O)cc8OC[C@@H]7c7ccccc7)cc6)CC5)CC4)cc(F)c3C2=O)C(=O)N1. The molecule has 0 aliphatic carbocycles. The Morgan fingerprint density at radius 3 is 2.27 bits per heavy atom. The van der Waals surface area contributed by atoms with Crippen molar-refractivity contribution in [2.75, 3.05) is 50.8 Å². The number of anilines is 1. The zero-order valence-electron chi connectivity index (χ0n) is 31.0. The highest BCUT2D eigenvalue weighted by molar-refractivity contribution is 6.23. The molecule has 5 heterocycles. The van der Waals surface area contributed by atoms with E-state index in [-0.39, 0.29) is 41.6 Å². The molecule has 3 atom stereocenters. The summed E-state index contributed by atoms with van der Waals surface area (Å²) in [6.07, 6.45) is 2.15. The predicted molar refractivity (Wildman–Crippen MR) is 206 cm³/mol. The van der Waals surface area contributed by atoms with Crippen LogP contribution in [0.25, 0.3) is 0 Å². The number of ether oxygens (including phenoxy) is 1. The molecular formula is C44H44FN5O6. The van der Waals surface area contributed by atoms with Crippen LogP contribution in [0.15, 0.2) is 84.9 Å². The normalized spacial score (nSPS) is 23.5. The minimum absolute atomic E-state index is 0.00814. The fraction of sp³-hybridized carbons (Fsp3) is 0.364. The number of carbonyl (C=O) groups is 4. The highest BCUT2D eigenvalue weighted by atomic mass is 19.1. The summed E-state index contributed by atoms with van der Waals surface area (Å²) in [5.74, 6) is -2.28. The van der Waals surface area contributed by atoms with Crippen LogP contribution < -0.4 is 15.0 Å². The van der Waals surface area contributed by atoms with Gasteiger partial charge in [0.05, 0.1) is 17.7 Å². The van der Waals surface area contributed by atoms with Crippen LogP contribution in [-0.2, 0) is 16.1 Å². The maximum atomic E-state index is 15.3. The van der Waals surface area contributed by atoms with Gasteiger partial charge in [-0.3, -0.25) is 39.2 Å².